The molecule has 0 saturated carbocycles. The van der Waals surface area contributed by atoms with E-state index in [-0.39, 0.29) is 6.61 Å². The van der Waals surface area contributed by atoms with Crippen LogP contribution in [0.25, 0.3) is 11.0 Å². The fraction of sp³-hybridized carbons (Fsp3) is 0.111. The first-order valence-corrected chi connectivity index (χ1v) is 3.79. The Hall–Kier alpha value is -2.02. The van der Waals surface area contributed by atoms with Crippen LogP contribution in [-0.4, -0.2) is 21.8 Å². The normalized spacial score (nSPS) is 9.77. The van der Waals surface area contributed by atoms with Crippen molar-refractivity contribution >= 4 is 11.0 Å². The Morgan fingerprint density at radius 1 is 1.46 bits per heavy atom. The zero-order chi connectivity index (χ0) is 9.10. The number of benzene rings is 1. The molecule has 1 aromatic heterocycles. The molecule has 0 N–H and O–H groups in total. The highest BCUT2D eigenvalue weighted by Gasteiger charge is 2.01. The lowest BCUT2D eigenvalue weighted by Crippen LogP contribution is -2.12. The van der Waals surface area contributed by atoms with E-state index in [4.69, 9.17) is 11.3 Å². The third-order valence-corrected chi connectivity index (χ3v) is 1.59. The smallest absolute Gasteiger partial charge is 0.177 e. The molecule has 0 aliphatic rings. The van der Waals surface area contributed by atoms with Crippen molar-refractivity contribution in [1.29, 1.82) is 0 Å². The van der Waals surface area contributed by atoms with E-state index >= 15 is 0 Å². The average Bonchev–Trinajstić information content (AvgIpc) is 2.58. The molecule has 0 radical (unpaired) electrons. The molecule has 4 nitrogen and oxygen atoms in total. The second-order valence-corrected chi connectivity index (χ2v) is 2.43. The monoisotopic (exact) mass is 173 g/mol. The molecule has 0 aliphatic heterocycles. The number of terminal acetylenes is 1. The van der Waals surface area contributed by atoms with Gasteiger partial charge in [0.25, 0.3) is 0 Å². The van der Waals surface area contributed by atoms with E-state index in [1.54, 1.807) is 0 Å². The maximum atomic E-state index is 5.12. The third kappa shape index (κ3) is 1.32. The predicted octanol–water partition coefficient (Wildman–Crippen LogP) is 0.493. The number of hydrogen-bond acceptors (Lipinski definition) is 3. The first-order chi connectivity index (χ1) is 6.42. The van der Waals surface area contributed by atoms with Crippen molar-refractivity contribution in [1.82, 2.24) is 15.2 Å². The molecule has 0 amide bonds. The lowest BCUT2D eigenvalue weighted by atomic mass is 10.3. The van der Waals surface area contributed by atoms with Crippen molar-refractivity contribution in [3.8, 4) is 12.3 Å². The van der Waals surface area contributed by atoms with Gasteiger partial charge in [-0.05, 0) is 17.3 Å². The molecule has 13 heavy (non-hydrogen) atoms. The summed E-state index contributed by atoms with van der Waals surface area (Å²) in [5.41, 5.74) is 1.61. The molecule has 0 atom stereocenters. The molecule has 0 spiro atoms. The highest BCUT2D eigenvalue weighted by atomic mass is 16.7. The molecule has 0 fully saturated rings. The van der Waals surface area contributed by atoms with Crippen molar-refractivity contribution in [2.45, 2.75) is 0 Å². The Balaban J connectivity index is 2.41. The number of fused-ring (bicyclic) bond motifs is 1. The van der Waals surface area contributed by atoms with Gasteiger partial charge >= 0.3 is 0 Å². The van der Waals surface area contributed by atoms with Crippen LogP contribution >= 0.6 is 0 Å². The summed E-state index contributed by atoms with van der Waals surface area (Å²) in [7, 11) is 0. The standard InChI is InChI=1S/C9H7N3O/c1-2-7-13-12-9-6-4-3-5-8(9)10-11-12/h1,3-6H,7H2. The summed E-state index contributed by atoms with van der Waals surface area (Å²) in [6.45, 7) is 0.188. The Labute approximate surface area is 75.1 Å². The SMILES string of the molecule is C#CCOn1nnc2ccccc21. The van der Waals surface area contributed by atoms with E-state index < -0.39 is 0 Å². The molecule has 0 aliphatic carbocycles. The van der Waals surface area contributed by atoms with Gasteiger partial charge in [-0.15, -0.1) is 11.5 Å². The Morgan fingerprint density at radius 3 is 3.15 bits per heavy atom. The first-order valence-electron chi connectivity index (χ1n) is 3.79. The van der Waals surface area contributed by atoms with Gasteiger partial charge < -0.3 is 4.84 Å². The minimum atomic E-state index is 0.188. The predicted molar refractivity (Wildman–Crippen MR) is 47.8 cm³/mol. The van der Waals surface area contributed by atoms with Crippen LogP contribution in [0.5, 0.6) is 0 Å². The molecular weight excluding hydrogens is 166 g/mol. The highest BCUT2D eigenvalue weighted by molar-refractivity contribution is 5.73. The van der Waals surface area contributed by atoms with Crippen LogP contribution in [-0.2, 0) is 0 Å². The number of para-hydroxylation sites is 1. The molecular formula is C9H7N3O. The van der Waals surface area contributed by atoms with Crippen LogP contribution in [0, 0.1) is 12.3 Å². The minimum absolute atomic E-state index is 0.188. The number of rotatable bonds is 2. The lowest BCUT2D eigenvalue weighted by molar-refractivity contribution is 0.114. The Kier molecular flexibility index (Phi) is 1.85. The van der Waals surface area contributed by atoms with Gasteiger partial charge in [-0.3, -0.25) is 0 Å². The van der Waals surface area contributed by atoms with Crippen LogP contribution in [0.4, 0.5) is 0 Å². The molecule has 2 rings (SSSR count). The van der Waals surface area contributed by atoms with Gasteiger partial charge in [-0.1, -0.05) is 22.9 Å². The number of aromatic nitrogens is 3. The van der Waals surface area contributed by atoms with Gasteiger partial charge in [0.05, 0.1) is 0 Å². The molecule has 0 saturated heterocycles. The maximum absolute atomic E-state index is 5.12. The van der Waals surface area contributed by atoms with Gasteiger partial charge in [0.2, 0.25) is 0 Å². The molecule has 0 bridgehead atoms. The van der Waals surface area contributed by atoms with Crippen molar-refractivity contribution in [3.63, 3.8) is 0 Å². The molecule has 1 aromatic carbocycles. The summed E-state index contributed by atoms with van der Waals surface area (Å²) in [5.74, 6) is 2.36. The zero-order valence-corrected chi connectivity index (χ0v) is 6.84. The number of nitrogens with zero attached hydrogens (tertiary/aromatic N) is 3. The van der Waals surface area contributed by atoms with Gasteiger partial charge in [0, 0.05) is 0 Å². The summed E-state index contributed by atoms with van der Waals surface area (Å²) >= 11 is 0. The van der Waals surface area contributed by atoms with Crippen LogP contribution < -0.4 is 4.84 Å². The van der Waals surface area contributed by atoms with Crippen LogP contribution in [0.1, 0.15) is 0 Å². The van der Waals surface area contributed by atoms with Crippen LogP contribution in [0.15, 0.2) is 24.3 Å². The van der Waals surface area contributed by atoms with Crippen molar-refractivity contribution < 1.29 is 4.84 Å². The van der Waals surface area contributed by atoms with E-state index in [9.17, 15) is 0 Å². The second kappa shape index (κ2) is 3.15. The number of hydrogen-bond donors (Lipinski definition) is 0. The van der Waals surface area contributed by atoms with Gasteiger partial charge in [-0.25, -0.2) is 0 Å². The maximum Gasteiger partial charge on any atom is 0.177 e. The molecule has 1 heterocycles. The lowest BCUT2D eigenvalue weighted by Gasteiger charge is -1.99. The summed E-state index contributed by atoms with van der Waals surface area (Å²) in [5, 5.41) is 7.67. The van der Waals surface area contributed by atoms with Crippen molar-refractivity contribution in [3.05, 3.63) is 24.3 Å². The van der Waals surface area contributed by atoms with Crippen LogP contribution in [0.2, 0.25) is 0 Å². The fourth-order valence-electron chi connectivity index (χ4n) is 1.04. The molecule has 2 aromatic rings. The summed E-state index contributed by atoms with van der Waals surface area (Å²) < 4.78 is 0. The van der Waals surface area contributed by atoms with Crippen LogP contribution in [0.3, 0.4) is 0 Å². The zero-order valence-electron chi connectivity index (χ0n) is 6.84. The molecule has 0 unspecified atom stereocenters. The fourth-order valence-corrected chi connectivity index (χ4v) is 1.04. The van der Waals surface area contributed by atoms with Gasteiger partial charge in [0.15, 0.2) is 6.61 Å². The quantitative estimate of drug-likeness (QED) is 0.620. The topological polar surface area (TPSA) is 39.9 Å². The minimum Gasteiger partial charge on any atom is -0.382 e. The summed E-state index contributed by atoms with van der Waals surface area (Å²) in [6, 6.07) is 7.51. The Bertz CT molecular complexity index is 455. The molecule has 64 valence electrons. The molecule has 4 heteroatoms. The summed E-state index contributed by atoms with van der Waals surface area (Å²) in [4.78, 5) is 6.44. The van der Waals surface area contributed by atoms with Gasteiger partial charge in [-0.2, -0.15) is 0 Å². The van der Waals surface area contributed by atoms with Gasteiger partial charge in [0.1, 0.15) is 11.0 Å². The van der Waals surface area contributed by atoms with E-state index in [0.29, 0.717) is 0 Å². The Morgan fingerprint density at radius 2 is 2.31 bits per heavy atom. The summed E-state index contributed by atoms with van der Waals surface area (Å²) in [6.07, 6.45) is 5.05. The van der Waals surface area contributed by atoms with E-state index in [2.05, 4.69) is 16.2 Å². The largest absolute Gasteiger partial charge is 0.382 e. The van der Waals surface area contributed by atoms with E-state index in [1.165, 1.54) is 4.85 Å². The van der Waals surface area contributed by atoms with Crippen molar-refractivity contribution in [2.75, 3.05) is 6.61 Å². The first kappa shape index (κ1) is 7.62. The second-order valence-electron chi connectivity index (χ2n) is 2.43. The highest BCUT2D eigenvalue weighted by Crippen LogP contribution is 2.07. The van der Waals surface area contributed by atoms with E-state index in [1.807, 2.05) is 24.3 Å². The average molecular weight is 173 g/mol. The third-order valence-electron chi connectivity index (χ3n) is 1.59. The van der Waals surface area contributed by atoms with Crippen molar-refractivity contribution in [2.24, 2.45) is 0 Å². The van der Waals surface area contributed by atoms with E-state index in [0.717, 1.165) is 11.0 Å².